The van der Waals surface area contributed by atoms with Crippen molar-refractivity contribution in [3.05, 3.63) is 71.3 Å². The van der Waals surface area contributed by atoms with Crippen LogP contribution in [0.15, 0.2) is 54.6 Å². The number of carbonyl (C=O) groups excluding carboxylic acids is 3. The van der Waals surface area contributed by atoms with Crippen LogP contribution in [0.2, 0.25) is 0 Å². The molecular weight excluding hydrogens is 474 g/mol. The fourth-order valence-electron chi connectivity index (χ4n) is 3.73. The Morgan fingerprint density at radius 3 is 2.27 bits per heavy atom. The highest BCUT2D eigenvalue weighted by Gasteiger charge is 2.26. The zero-order chi connectivity index (χ0) is 26.9. The first kappa shape index (κ1) is 27.1. The van der Waals surface area contributed by atoms with Crippen molar-refractivity contribution in [2.45, 2.75) is 39.2 Å². The molecule has 0 bridgehead atoms. The average molecular weight is 506 g/mol. The normalized spacial score (nSPS) is 11.5. The van der Waals surface area contributed by atoms with E-state index >= 15 is 0 Å². The minimum Gasteiger partial charge on any atom is -0.464 e. The molecule has 0 aliphatic rings. The Hall–Kier alpha value is -4.47. The molecule has 1 amide bonds. The highest BCUT2D eigenvalue weighted by molar-refractivity contribution is 5.97. The van der Waals surface area contributed by atoms with Gasteiger partial charge in [0.1, 0.15) is 11.9 Å². The Balaban J connectivity index is 1.63. The van der Waals surface area contributed by atoms with Crippen LogP contribution in [0.3, 0.4) is 0 Å². The number of nitrogens with two attached hydrogens (primary N) is 2. The maximum Gasteiger partial charge on any atom is 0.333 e. The number of hydrogen-bond donors (Lipinski definition) is 3. The van der Waals surface area contributed by atoms with Crippen molar-refractivity contribution >= 4 is 40.5 Å². The summed E-state index contributed by atoms with van der Waals surface area (Å²) in [4.78, 5) is 45.3. The highest BCUT2D eigenvalue weighted by Crippen LogP contribution is 2.21. The zero-order valence-corrected chi connectivity index (χ0v) is 21.0. The molecule has 2 aromatic carbocycles. The van der Waals surface area contributed by atoms with Crippen LogP contribution in [0.4, 0.5) is 11.8 Å². The number of nitrogens with one attached hydrogen (secondary N) is 1. The van der Waals surface area contributed by atoms with E-state index in [9.17, 15) is 14.4 Å². The zero-order valence-electron chi connectivity index (χ0n) is 21.0. The largest absolute Gasteiger partial charge is 0.464 e. The van der Waals surface area contributed by atoms with Gasteiger partial charge in [-0.05, 0) is 62.1 Å². The van der Waals surface area contributed by atoms with Gasteiger partial charge in [-0.1, -0.05) is 24.8 Å². The van der Waals surface area contributed by atoms with Gasteiger partial charge in [-0.2, -0.15) is 4.98 Å². The first-order chi connectivity index (χ1) is 17.7. The molecule has 10 heteroatoms. The third-order valence-electron chi connectivity index (χ3n) is 5.62. The number of esters is 2. The monoisotopic (exact) mass is 505 g/mol. The summed E-state index contributed by atoms with van der Waals surface area (Å²) in [7, 11) is 0. The number of fused-ring (bicyclic) bond motifs is 1. The fourth-order valence-corrected chi connectivity index (χ4v) is 3.73. The lowest BCUT2D eigenvalue weighted by Crippen LogP contribution is -2.42. The molecule has 1 heterocycles. The Labute approximate surface area is 215 Å². The molecule has 0 radical (unpaired) electrons. The number of nitrogens with zero attached hydrogens (tertiary/aromatic N) is 2. The van der Waals surface area contributed by atoms with Crippen LogP contribution in [0.5, 0.6) is 0 Å². The molecule has 3 aromatic rings. The number of anilines is 2. The predicted molar refractivity (Wildman–Crippen MR) is 140 cm³/mol. The lowest BCUT2D eigenvalue weighted by molar-refractivity contribution is -0.145. The van der Waals surface area contributed by atoms with Crippen molar-refractivity contribution in [2.75, 3.05) is 24.7 Å². The number of rotatable bonds is 11. The van der Waals surface area contributed by atoms with E-state index in [1.807, 2.05) is 30.3 Å². The standard InChI is InChI=1S/C27H31N5O5/c1-4-36-25(34)16(3)14-22(26(35)37-5-2)30-24(33)19-11-8-17(9-12-19)6-7-18-10-13-21-20(15-18)23(28)32-27(29)31-21/h8-13,15,22H,3-7,14H2,1-2H3,(H,30,33)(H4,28,29,31,32)/t22-/m0/s1. The van der Waals surface area contributed by atoms with Gasteiger partial charge in [0, 0.05) is 22.9 Å². The Morgan fingerprint density at radius 1 is 0.946 bits per heavy atom. The molecule has 0 aliphatic carbocycles. The van der Waals surface area contributed by atoms with Crippen LogP contribution in [0.1, 0.15) is 41.8 Å². The molecule has 10 nitrogen and oxygen atoms in total. The molecule has 0 fully saturated rings. The number of benzene rings is 2. The summed E-state index contributed by atoms with van der Waals surface area (Å²) in [6, 6.07) is 11.8. The fraction of sp³-hybridized carbons (Fsp3) is 0.296. The minimum atomic E-state index is -1.07. The number of hydrogen-bond acceptors (Lipinski definition) is 9. The number of aromatic nitrogens is 2. The van der Waals surface area contributed by atoms with Crippen LogP contribution in [-0.4, -0.2) is 47.1 Å². The summed E-state index contributed by atoms with van der Waals surface area (Å²) < 4.78 is 9.96. The summed E-state index contributed by atoms with van der Waals surface area (Å²) in [5.41, 5.74) is 14.8. The maximum atomic E-state index is 12.8. The van der Waals surface area contributed by atoms with Gasteiger partial charge < -0.3 is 26.3 Å². The number of amides is 1. The van der Waals surface area contributed by atoms with E-state index in [0.29, 0.717) is 16.9 Å². The van der Waals surface area contributed by atoms with Gasteiger partial charge in [0.25, 0.3) is 5.91 Å². The third-order valence-corrected chi connectivity index (χ3v) is 5.62. The van der Waals surface area contributed by atoms with Gasteiger partial charge in [0.2, 0.25) is 5.95 Å². The van der Waals surface area contributed by atoms with Gasteiger partial charge in [-0.3, -0.25) is 4.79 Å². The molecule has 37 heavy (non-hydrogen) atoms. The van der Waals surface area contributed by atoms with E-state index in [2.05, 4.69) is 21.9 Å². The number of carbonyl (C=O) groups is 3. The van der Waals surface area contributed by atoms with Crippen LogP contribution >= 0.6 is 0 Å². The Bertz CT molecular complexity index is 1310. The summed E-state index contributed by atoms with van der Waals surface area (Å²) in [6.45, 7) is 7.31. The lowest BCUT2D eigenvalue weighted by atomic mass is 10.0. The quantitative estimate of drug-likeness (QED) is 0.263. The number of aryl methyl sites for hydroxylation is 2. The van der Waals surface area contributed by atoms with E-state index in [4.69, 9.17) is 20.9 Å². The van der Waals surface area contributed by atoms with Gasteiger partial charge in [-0.25, -0.2) is 14.6 Å². The molecule has 0 saturated heterocycles. The van der Waals surface area contributed by atoms with Crippen molar-refractivity contribution in [3.63, 3.8) is 0 Å². The topological polar surface area (TPSA) is 160 Å². The third kappa shape index (κ3) is 7.26. The Morgan fingerprint density at radius 2 is 1.59 bits per heavy atom. The summed E-state index contributed by atoms with van der Waals surface area (Å²) in [6.07, 6.45) is 1.36. The van der Waals surface area contributed by atoms with Crippen molar-refractivity contribution in [1.82, 2.24) is 15.3 Å². The summed E-state index contributed by atoms with van der Waals surface area (Å²) in [5.74, 6) is -1.26. The van der Waals surface area contributed by atoms with Crippen LogP contribution in [0, 0.1) is 0 Å². The molecule has 194 valence electrons. The molecule has 5 N–H and O–H groups in total. The SMILES string of the molecule is C=C(C[C@H](NC(=O)c1ccc(CCc2ccc3nc(N)nc(N)c3c2)cc1)C(=O)OCC)C(=O)OCC. The van der Waals surface area contributed by atoms with Gasteiger partial charge in [0.05, 0.1) is 18.7 Å². The van der Waals surface area contributed by atoms with Crippen molar-refractivity contribution in [1.29, 1.82) is 0 Å². The van der Waals surface area contributed by atoms with Gasteiger partial charge in [-0.15, -0.1) is 0 Å². The van der Waals surface area contributed by atoms with E-state index in [0.717, 1.165) is 29.4 Å². The van der Waals surface area contributed by atoms with Crippen LogP contribution in [-0.2, 0) is 31.9 Å². The smallest absolute Gasteiger partial charge is 0.333 e. The molecule has 1 atom stereocenters. The molecular formula is C27H31N5O5. The van der Waals surface area contributed by atoms with E-state index in [1.54, 1.807) is 26.0 Å². The molecule has 3 rings (SSSR count). The molecule has 1 aromatic heterocycles. The highest BCUT2D eigenvalue weighted by atomic mass is 16.5. The van der Waals surface area contributed by atoms with Gasteiger partial charge >= 0.3 is 11.9 Å². The van der Waals surface area contributed by atoms with Crippen LogP contribution in [0.25, 0.3) is 10.9 Å². The van der Waals surface area contributed by atoms with Gasteiger partial charge in [0.15, 0.2) is 0 Å². The summed E-state index contributed by atoms with van der Waals surface area (Å²) >= 11 is 0. The lowest BCUT2D eigenvalue weighted by Gasteiger charge is -2.18. The Kier molecular flexibility index (Phi) is 9.15. The van der Waals surface area contributed by atoms with Crippen molar-refractivity contribution < 1.29 is 23.9 Å². The molecule has 0 unspecified atom stereocenters. The van der Waals surface area contributed by atoms with E-state index < -0.39 is 23.9 Å². The first-order valence-electron chi connectivity index (χ1n) is 11.9. The van der Waals surface area contributed by atoms with Crippen LogP contribution < -0.4 is 16.8 Å². The van der Waals surface area contributed by atoms with Crippen molar-refractivity contribution in [2.24, 2.45) is 0 Å². The average Bonchev–Trinajstić information content (AvgIpc) is 2.87. The summed E-state index contributed by atoms with van der Waals surface area (Å²) in [5, 5.41) is 3.39. The maximum absolute atomic E-state index is 12.8. The van der Waals surface area contributed by atoms with Crippen molar-refractivity contribution in [3.8, 4) is 0 Å². The van der Waals surface area contributed by atoms with E-state index in [-0.39, 0.29) is 31.2 Å². The number of ether oxygens (including phenoxy) is 2. The first-order valence-corrected chi connectivity index (χ1v) is 11.9. The molecule has 0 spiro atoms. The second kappa shape index (κ2) is 12.5. The predicted octanol–water partition coefficient (Wildman–Crippen LogP) is 2.75. The number of nitrogen functional groups attached to an aromatic ring is 2. The second-order valence-electron chi connectivity index (χ2n) is 8.32. The molecule has 0 saturated carbocycles. The van der Waals surface area contributed by atoms with E-state index in [1.165, 1.54) is 0 Å². The second-order valence-corrected chi connectivity index (χ2v) is 8.32. The molecule has 0 aliphatic heterocycles. The minimum absolute atomic E-state index is 0.0704.